The largest absolute Gasteiger partial charge is 0.355 e. The lowest BCUT2D eigenvalue weighted by atomic mass is 10.1. The molecular weight excluding hydrogens is 342 g/mol. The van der Waals surface area contributed by atoms with E-state index in [4.69, 9.17) is 0 Å². The van der Waals surface area contributed by atoms with Crippen LogP contribution in [0.4, 0.5) is 0 Å². The number of hydrogen-bond donors (Lipinski definition) is 1. The number of carbonyl (C=O) groups excluding carboxylic acids is 1. The number of rotatable bonds is 8. The first-order chi connectivity index (χ1) is 12.7. The summed E-state index contributed by atoms with van der Waals surface area (Å²) in [7, 11) is 0. The highest BCUT2D eigenvalue weighted by Gasteiger charge is 2.03. The minimum absolute atomic E-state index is 0.0933. The van der Waals surface area contributed by atoms with Gasteiger partial charge in [0.1, 0.15) is 0 Å². The van der Waals surface area contributed by atoms with Crippen LogP contribution >= 0.6 is 11.8 Å². The van der Waals surface area contributed by atoms with Crippen LogP contribution in [0.25, 0.3) is 5.69 Å². The monoisotopic (exact) mass is 365 g/mol. The summed E-state index contributed by atoms with van der Waals surface area (Å²) >= 11 is 1.65. The molecule has 0 atom stereocenters. The van der Waals surface area contributed by atoms with Crippen molar-refractivity contribution in [2.24, 2.45) is 0 Å². The Morgan fingerprint density at radius 2 is 1.96 bits per heavy atom. The Balaban J connectivity index is 1.36. The second-order valence-electron chi connectivity index (χ2n) is 6.20. The highest BCUT2D eigenvalue weighted by atomic mass is 32.2. The standard InChI is InChI=1S/C21H23N3OS/c1-17-4-2-5-19(14-17)15-26-16-21(25)22-12-10-18-6-8-20(9-7-18)24-13-3-11-23-24/h2-9,11,13-14H,10,12,15-16H2,1H3,(H,22,25). The number of nitrogens with one attached hydrogen (secondary N) is 1. The van der Waals surface area contributed by atoms with E-state index in [9.17, 15) is 4.79 Å². The third-order valence-electron chi connectivity index (χ3n) is 4.03. The van der Waals surface area contributed by atoms with Crippen molar-refractivity contribution in [1.82, 2.24) is 15.1 Å². The molecule has 0 saturated heterocycles. The fourth-order valence-corrected chi connectivity index (χ4v) is 3.50. The third-order valence-corrected chi connectivity index (χ3v) is 5.03. The van der Waals surface area contributed by atoms with Gasteiger partial charge in [-0.3, -0.25) is 4.79 Å². The van der Waals surface area contributed by atoms with E-state index in [0.29, 0.717) is 12.3 Å². The molecule has 0 aliphatic rings. The zero-order valence-corrected chi connectivity index (χ0v) is 15.7. The molecular formula is C21H23N3OS. The summed E-state index contributed by atoms with van der Waals surface area (Å²) in [5.41, 5.74) is 4.76. The summed E-state index contributed by atoms with van der Waals surface area (Å²) < 4.78 is 1.83. The molecule has 0 unspecified atom stereocenters. The molecule has 0 aliphatic heterocycles. The SMILES string of the molecule is Cc1cccc(CSCC(=O)NCCc2ccc(-n3cccn3)cc2)c1. The molecule has 2 aromatic carbocycles. The van der Waals surface area contributed by atoms with Gasteiger partial charge in [0.2, 0.25) is 5.91 Å². The van der Waals surface area contributed by atoms with E-state index < -0.39 is 0 Å². The maximum absolute atomic E-state index is 12.0. The van der Waals surface area contributed by atoms with E-state index >= 15 is 0 Å². The quantitative estimate of drug-likeness (QED) is 0.661. The van der Waals surface area contributed by atoms with Crippen LogP contribution in [0.15, 0.2) is 67.0 Å². The summed E-state index contributed by atoms with van der Waals surface area (Å²) in [6, 6.07) is 18.6. The molecule has 0 fully saturated rings. The van der Waals surface area contributed by atoms with Crippen molar-refractivity contribution < 1.29 is 4.79 Å². The molecule has 0 aliphatic carbocycles. The van der Waals surface area contributed by atoms with Gasteiger partial charge in [-0.25, -0.2) is 4.68 Å². The van der Waals surface area contributed by atoms with Crippen molar-refractivity contribution in [2.75, 3.05) is 12.3 Å². The van der Waals surface area contributed by atoms with Gasteiger partial charge in [0.05, 0.1) is 11.4 Å². The predicted octanol–water partition coefficient (Wildman–Crippen LogP) is 3.77. The molecule has 0 saturated carbocycles. The minimum Gasteiger partial charge on any atom is -0.355 e. The van der Waals surface area contributed by atoms with E-state index in [2.05, 4.69) is 53.7 Å². The maximum atomic E-state index is 12.0. The van der Waals surface area contributed by atoms with E-state index in [-0.39, 0.29) is 5.91 Å². The van der Waals surface area contributed by atoms with E-state index in [1.165, 1.54) is 16.7 Å². The Labute approximate surface area is 158 Å². The molecule has 134 valence electrons. The normalized spacial score (nSPS) is 10.7. The molecule has 1 N–H and O–H groups in total. The molecule has 0 spiro atoms. The average Bonchev–Trinajstić information content (AvgIpc) is 3.17. The van der Waals surface area contributed by atoms with Gasteiger partial charge < -0.3 is 5.32 Å². The van der Waals surface area contributed by atoms with Crippen LogP contribution in [0.5, 0.6) is 0 Å². The van der Waals surface area contributed by atoms with Crippen molar-refractivity contribution in [2.45, 2.75) is 19.1 Å². The van der Waals surface area contributed by atoms with Crippen LogP contribution in [0.3, 0.4) is 0 Å². The van der Waals surface area contributed by atoms with Crippen molar-refractivity contribution in [3.63, 3.8) is 0 Å². The lowest BCUT2D eigenvalue weighted by Crippen LogP contribution is -2.27. The zero-order chi connectivity index (χ0) is 18.2. The van der Waals surface area contributed by atoms with Crippen LogP contribution in [0, 0.1) is 6.92 Å². The first-order valence-electron chi connectivity index (χ1n) is 8.70. The van der Waals surface area contributed by atoms with Gasteiger partial charge in [-0.1, -0.05) is 42.0 Å². The topological polar surface area (TPSA) is 46.9 Å². The molecule has 26 heavy (non-hydrogen) atoms. The first kappa shape index (κ1) is 18.3. The van der Waals surface area contributed by atoms with E-state index in [0.717, 1.165) is 17.9 Å². The molecule has 5 heteroatoms. The third kappa shape index (κ3) is 5.49. The molecule has 3 rings (SSSR count). The van der Waals surface area contributed by atoms with Gasteiger partial charge in [0, 0.05) is 24.7 Å². The molecule has 0 bridgehead atoms. The molecule has 3 aromatic rings. The van der Waals surface area contributed by atoms with Crippen LogP contribution in [-0.2, 0) is 17.0 Å². The number of benzene rings is 2. The molecule has 4 nitrogen and oxygen atoms in total. The van der Waals surface area contributed by atoms with Crippen molar-refractivity contribution in [1.29, 1.82) is 0 Å². The Bertz CT molecular complexity index is 829. The summed E-state index contributed by atoms with van der Waals surface area (Å²) in [4.78, 5) is 12.0. The van der Waals surface area contributed by atoms with Crippen molar-refractivity contribution in [3.05, 3.63) is 83.7 Å². The number of thioether (sulfide) groups is 1. The molecule has 1 aromatic heterocycles. The van der Waals surface area contributed by atoms with Crippen LogP contribution in [0.1, 0.15) is 16.7 Å². The summed E-state index contributed by atoms with van der Waals surface area (Å²) in [5, 5.41) is 7.21. The Morgan fingerprint density at radius 3 is 2.69 bits per heavy atom. The van der Waals surface area contributed by atoms with Gasteiger partial charge in [0.25, 0.3) is 0 Å². The van der Waals surface area contributed by atoms with Gasteiger partial charge in [-0.15, -0.1) is 11.8 Å². The van der Waals surface area contributed by atoms with E-state index in [1.54, 1.807) is 18.0 Å². The molecule has 1 amide bonds. The van der Waals surface area contributed by atoms with Gasteiger partial charge in [-0.2, -0.15) is 5.10 Å². The first-order valence-corrected chi connectivity index (χ1v) is 9.85. The number of nitrogens with zero attached hydrogens (tertiary/aromatic N) is 2. The number of hydrogen-bond acceptors (Lipinski definition) is 3. The Hall–Kier alpha value is -2.53. The summed E-state index contributed by atoms with van der Waals surface area (Å²) in [5.74, 6) is 1.45. The second-order valence-corrected chi connectivity index (χ2v) is 7.18. The van der Waals surface area contributed by atoms with Crippen LogP contribution < -0.4 is 5.32 Å². The highest BCUT2D eigenvalue weighted by Crippen LogP contribution is 2.13. The van der Waals surface area contributed by atoms with Crippen molar-refractivity contribution in [3.8, 4) is 5.69 Å². The lowest BCUT2D eigenvalue weighted by Gasteiger charge is -2.07. The maximum Gasteiger partial charge on any atom is 0.230 e. The number of amides is 1. The Kier molecular flexibility index (Phi) is 6.50. The molecule has 0 radical (unpaired) electrons. The number of aryl methyl sites for hydroxylation is 1. The predicted molar refractivity (Wildman–Crippen MR) is 108 cm³/mol. The minimum atomic E-state index is 0.0933. The average molecular weight is 366 g/mol. The Morgan fingerprint density at radius 1 is 1.12 bits per heavy atom. The number of aromatic nitrogens is 2. The fraction of sp³-hybridized carbons (Fsp3) is 0.238. The van der Waals surface area contributed by atoms with Crippen molar-refractivity contribution >= 4 is 17.7 Å². The lowest BCUT2D eigenvalue weighted by molar-refractivity contribution is -0.118. The highest BCUT2D eigenvalue weighted by molar-refractivity contribution is 7.99. The van der Waals surface area contributed by atoms with Crippen LogP contribution in [-0.4, -0.2) is 28.0 Å². The smallest absolute Gasteiger partial charge is 0.230 e. The van der Waals surface area contributed by atoms with Gasteiger partial charge in [0.15, 0.2) is 0 Å². The molecule has 1 heterocycles. The summed E-state index contributed by atoms with van der Waals surface area (Å²) in [6.45, 7) is 2.74. The summed E-state index contributed by atoms with van der Waals surface area (Å²) in [6.07, 6.45) is 4.51. The van der Waals surface area contributed by atoms with Gasteiger partial charge in [-0.05, 0) is 42.7 Å². The zero-order valence-electron chi connectivity index (χ0n) is 14.9. The number of carbonyl (C=O) groups is 1. The van der Waals surface area contributed by atoms with Gasteiger partial charge >= 0.3 is 0 Å². The fourth-order valence-electron chi connectivity index (χ4n) is 2.70. The second kappa shape index (κ2) is 9.25. The van der Waals surface area contributed by atoms with Crippen LogP contribution in [0.2, 0.25) is 0 Å². The van der Waals surface area contributed by atoms with E-state index in [1.807, 2.05) is 29.1 Å².